The lowest BCUT2D eigenvalue weighted by Crippen LogP contribution is -2.61. The lowest BCUT2D eigenvalue weighted by atomic mass is 9.78. The molecule has 4 aliphatic heterocycles. The fourth-order valence-corrected chi connectivity index (χ4v) is 17.4. The van der Waals surface area contributed by atoms with E-state index in [2.05, 4.69) is 62.3 Å². The van der Waals surface area contributed by atoms with Gasteiger partial charge in [-0.2, -0.15) is 5.10 Å². The molecule has 11 rings (SSSR count). The number of nitrogens with two attached hydrogens (primary N) is 1. The Balaban J connectivity index is 0.000000365. The van der Waals surface area contributed by atoms with Crippen LogP contribution in [-0.4, -0.2) is 287 Å². The van der Waals surface area contributed by atoms with E-state index in [4.69, 9.17) is 58.2 Å². The van der Waals surface area contributed by atoms with E-state index in [9.17, 15) is 48.6 Å². The van der Waals surface area contributed by atoms with Gasteiger partial charge in [-0.1, -0.05) is 78.0 Å². The lowest BCUT2D eigenvalue weighted by molar-refractivity contribution is -0.265. The SMILES string of the molecule is CCCOCCOCCOCCOCCC(=O)NCCCCn1nc(-c2cnc3[nH]ccc3c2)c2c(N)ncnc21.CNC(=O)c1cnc(N2CCN(c3ncc(CCC(=O)O[C@@H]4CC[C@@H](C[C@@H](C)[C@@H]5CC(=O)[C@H](C)/C=C(\C)[C@@H](O)[C@@H](OC)C(=O)[C@H](C)C[C@H](C)/C=C/C=C/C=C(\C)[C@@H](OC)C[C@@H]6CC[C@@H](C)[C@@](O)(O6)C(=O)C(=O)N6CCCC[C@H]6C(=O)O5)C[C@H]4OC)cn3)CC2)nc1. The minimum Gasteiger partial charge on any atom is -0.460 e. The molecular formula is C96H138N16O20. The van der Waals surface area contributed by atoms with Crippen LogP contribution in [0.5, 0.6) is 0 Å². The molecule has 132 heavy (non-hydrogen) atoms. The van der Waals surface area contributed by atoms with Crippen molar-refractivity contribution < 1.29 is 95.9 Å². The van der Waals surface area contributed by atoms with Gasteiger partial charge in [-0.25, -0.2) is 44.4 Å². The maximum absolute atomic E-state index is 14.7. The summed E-state index contributed by atoms with van der Waals surface area (Å²) < 4.78 is 59.7. The number of amides is 3. The van der Waals surface area contributed by atoms with E-state index in [1.165, 1.54) is 30.7 Å². The Morgan fingerprint density at radius 2 is 1.42 bits per heavy atom. The van der Waals surface area contributed by atoms with Crippen LogP contribution < -0.4 is 26.2 Å². The van der Waals surface area contributed by atoms with Crippen molar-refractivity contribution in [3.05, 3.63) is 114 Å². The zero-order valence-electron chi connectivity index (χ0n) is 78.8. The molecule has 2 bridgehead atoms. The zero-order chi connectivity index (χ0) is 94.8. The van der Waals surface area contributed by atoms with Crippen LogP contribution in [0.25, 0.3) is 33.3 Å². The highest BCUT2D eigenvalue weighted by Crippen LogP contribution is 2.40. The van der Waals surface area contributed by atoms with Crippen LogP contribution in [0.2, 0.25) is 0 Å². The van der Waals surface area contributed by atoms with Gasteiger partial charge in [0.1, 0.15) is 59.7 Å². The standard InChI is InChI=1S/C68H98N8O15.C28H40N8O5/c1-41-17-13-12-14-18-42(2)55(86-9)35-51-23-20-47(7)68(85,91-51)62(81)64(83)76-26-16-15-19-52(76)65(84)90-56(36-53(77)43(3)32-46(6)60(80)61(88-11)59(79)45(5)31-41)44(4)33-48-21-24-54(57(34-48)87-10)89-58(78)25-22-49-37-70-66(71-38-49)74-27-29-75(30-28-74)67-72-39-50(40-73-67)63(82)69-8;1-2-10-38-12-14-40-16-17-41-15-13-39-11-6-23(37)30-7-3-4-9-36-28-24(26(29)33-20-34-28)25(35-36)22-18-21-5-8-31-27(21)32-19-22/h12-14,17-18,32,37-41,43-45,47-48,51-52,54-57,60-61,80,85H,15-16,19-31,33-36H2,1-11H3,(H,69,82);5,8,18-20H,2-4,6-7,9-17H2,1H3,(H,30,37)(H,31,32)(H2,29,33,34)/b14-12+,17-13+,42-18+,46-32+;/t41-,43-,44-,45-,47-,48+,51+,52+,54-,55+,56+,57-,60-,61+,68-;/m1./s1. The van der Waals surface area contributed by atoms with E-state index in [1.807, 2.05) is 79.1 Å². The number of methoxy groups -OCH3 is 3. The third-order valence-corrected chi connectivity index (χ3v) is 25.3. The van der Waals surface area contributed by atoms with Gasteiger partial charge in [-0.3, -0.25) is 33.6 Å². The number of hydrogen-bond donors (Lipinski definition) is 6. The second kappa shape index (κ2) is 52.4. The molecule has 1 aliphatic carbocycles. The molecule has 6 aromatic heterocycles. The molecule has 0 aromatic carbocycles. The first kappa shape index (κ1) is 104. The Bertz CT molecular complexity index is 4840. The maximum Gasteiger partial charge on any atom is 0.329 e. The molecule has 7 N–H and O–H groups in total. The van der Waals surface area contributed by atoms with Gasteiger partial charge >= 0.3 is 11.9 Å². The van der Waals surface area contributed by atoms with Gasteiger partial charge in [-0.15, -0.1) is 0 Å². The van der Waals surface area contributed by atoms with Crippen LogP contribution in [0.15, 0.2) is 103 Å². The number of allylic oxidation sites excluding steroid dienone is 6. The Hall–Kier alpha value is -10.3. The number of esters is 2. The van der Waals surface area contributed by atoms with Crippen LogP contribution >= 0.6 is 0 Å². The summed E-state index contributed by atoms with van der Waals surface area (Å²) in [6.07, 6.45) is 25.2. The normalized spacial score (nSPS) is 26.4. The van der Waals surface area contributed by atoms with Crippen molar-refractivity contribution in [1.29, 1.82) is 0 Å². The predicted molar refractivity (Wildman–Crippen MR) is 494 cm³/mol. The Labute approximate surface area is 773 Å². The van der Waals surface area contributed by atoms with Gasteiger partial charge in [-0.05, 0) is 150 Å². The van der Waals surface area contributed by atoms with E-state index in [0.29, 0.717) is 208 Å². The molecule has 3 saturated heterocycles. The molecule has 36 nitrogen and oxygen atoms in total. The van der Waals surface area contributed by atoms with E-state index in [0.717, 1.165) is 53.6 Å². The number of pyridine rings is 1. The molecule has 3 amide bonds. The molecule has 4 fully saturated rings. The number of unbranched alkanes of at least 4 members (excludes halogenated alkanes) is 1. The van der Waals surface area contributed by atoms with Gasteiger partial charge in [0, 0.05) is 172 Å². The number of nitrogens with zero attached hydrogens (tertiary/aromatic N) is 12. The fraction of sp³-hybridized carbons (Fsp3) is 0.625. The largest absolute Gasteiger partial charge is 0.460 e. The number of nitrogen functional groups attached to an aromatic ring is 1. The number of Topliss-reactive ketones (excluding diaryl/α,β-unsaturated/α-hetero) is 3. The molecule has 15 atom stereocenters. The molecule has 1 saturated carbocycles. The zero-order valence-corrected chi connectivity index (χ0v) is 78.8. The molecule has 10 heterocycles. The van der Waals surface area contributed by atoms with Crippen LogP contribution in [0.1, 0.15) is 180 Å². The fourth-order valence-electron chi connectivity index (χ4n) is 17.4. The number of fused-ring (bicyclic) bond motifs is 5. The summed E-state index contributed by atoms with van der Waals surface area (Å²) in [5.41, 5.74) is 11.6. The van der Waals surface area contributed by atoms with Crippen molar-refractivity contribution in [1.82, 2.24) is 65.2 Å². The van der Waals surface area contributed by atoms with E-state index in [-0.39, 0.29) is 67.0 Å². The minimum absolute atomic E-state index is 0.00454. The lowest BCUT2D eigenvalue weighted by Gasteiger charge is -2.42. The first-order valence-electron chi connectivity index (χ1n) is 46.7. The number of piperazine rings is 1. The summed E-state index contributed by atoms with van der Waals surface area (Å²) in [6, 6.07) is 2.78. The summed E-state index contributed by atoms with van der Waals surface area (Å²) in [6.45, 7) is 22.7. The summed E-state index contributed by atoms with van der Waals surface area (Å²) in [7, 11) is 6.07. The van der Waals surface area contributed by atoms with Crippen LogP contribution in [0.3, 0.4) is 0 Å². The Morgan fingerprint density at radius 1 is 0.735 bits per heavy atom. The molecule has 722 valence electrons. The van der Waals surface area contributed by atoms with E-state index < -0.39 is 95.9 Å². The highest BCUT2D eigenvalue weighted by Gasteiger charge is 2.53. The van der Waals surface area contributed by atoms with Crippen LogP contribution in [0.4, 0.5) is 17.7 Å². The summed E-state index contributed by atoms with van der Waals surface area (Å²) in [4.78, 5) is 149. The highest BCUT2D eigenvalue weighted by molar-refractivity contribution is 6.39. The number of aromatic amines is 1. The monoisotopic (exact) mass is 1840 g/mol. The molecular weight excluding hydrogens is 1700 g/mol. The van der Waals surface area contributed by atoms with Crippen molar-refractivity contribution in [2.75, 3.05) is 136 Å². The second-order valence-electron chi connectivity index (χ2n) is 35.2. The topological polar surface area (TPSA) is 453 Å². The molecule has 6 aromatic rings. The summed E-state index contributed by atoms with van der Waals surface area (Å²) >= 11 is 0. The van der Waals surface area contributed by atoms with Crippen LogP contribution in [-0.2, 0) is 93.9 Å². The number of carbonyl (C=O) groups excluding carboxylic acids is 8. The number of cyclic esters (lactones) is 1. The van der Waals surface area contributed by atoms with E-state index in [1.54, 1.807) is 73.6 Å². The number of ether oxygens (including phenoxy) is 10. The number of hydrogen-bond acceptors (Lipinski definition) is 31. The third kappa shape index (κ3) is 29.6. The van der Waals surface area contributed by atoms with Crippen molar-refractivity contribution >= 4 is 86.8 Å². The number of anilines is 3. The minimum atomic E-state index is -2.47. The summed E-state index contributed by atoms with van der Waals surface area (Å²) in [5, 5.41) is 35.7. The number of aliphatic hydroxyl groups excluding tert-OH is 1. The number of rotatable bonds is 33. The van der Waals surface area contributed by atoms with Gasteiger partial charge in [0.15, 0.2) is 11.4 Å². The van der Waals surface area contributed by atoms with Gasteiger partial charge in [0.25, 0.3) is 17.6 Å². The van der Waals surface area contributed by atoms with Gasteiger partial charge < -0.3 is 93.6 Å². The van der Waals surface area contributed by atoms with Crippen molar-refractivity contribution in [3.63, 3.8) is 0 Å². The number of nitrogens with one attached hydrogen (secondary N) is 3. The van der Waals surface area contributed by atoms with Crippen molar-refractivity contribution in [2.45, 2.75) is 232 Å². The smallest absolute Gasteiger partial charge is 0.329 e. The second-order valence-corrected chi connectivity index (χ2v) is 35.2. The molecule has 0 spiro atoms. The summed E-state index contributed by atoms with van der Waals surface area (Å²) in [5.74, 6) is -7.72. The number of carbonyl (C=O) groups is 8. The predicted octanol–water partition coefficient (Wildman–Crippen LogP) is 9.35. The molecule has 36 heteroatoms. The molecule has 0 unspecified atom stereocenters. The first-order valence-corrected chi connectivity index (χ1v) is 46.7. The highest BCUT2D eigenvalue weighted by atomic mass is 16.6. The van der Waals surface area contributed by atoms with E-state index >= 15 is 0 Å². The average Bonchev–Trinajstić information content (AvgIpc) is 1.59. The number of ketones is 3. The molecule has 0 radical (unpaired) electrons. The quantitative estimate of drug-likeness (QED) is 0.00966. The van der Waals surface area contributed by atoms with Gasteiger partial charge in [0.05, 0.1) is 75.5 Å². The first-order chi connectivity index (χ1) is 63.6. The molecule has 5 aliphatic rings. The number of H-pyrrole nitrogens is 1. The van der Waals surface area contributed by atoms with Gasteiger partial charge in [0.2, 0.25) is 23.6 Å². The number of aliphatic hydroxyl groups is 2. The Kier molecular flexibility index (Phi) is 41.2. The Morgan fingerprint density at radius 3 is 2.10 bits per heavy atom. The maximum atomic E-state index is 14.7. The number of aromatic nitrogens is 10. The average molecular weight is 1840 g/mol. The third-order valence-electron chi connectivity index (χ3n) is 25.3. The van der Waals surface area contributed by atoms with Crippen molar-refractivity contribution in [3.8, 4) is 11.3 Å². The number of piperidine rings is 1. The van der Waals surface area contributed by atoms with Crippen LogP contribution in [0, 0.1) is 35.5 Å². The number of aryl methyl sites for hydroxylation is 2. The van der Waals surface area contributed by atoms with Crippen molar-refractivity contribution in [2.24, 2.45) is 35.5 Å².